The molecule has 4 heteroatoms. The number of ether oxygens (including phenoxy) is 1. The van der Waals surface area contributed by atoms with E-state index >= 15 is 0 Å². The Balaban J connectivity index is 1.96. The highest BCUT2D eigenvalue weighted by Gasteiger charge is 2.03. The van der Waals surface area contributed by atoms with Gasteiger partial charge in [0.1, 0.15) is 0 Å². The quantitative estimate of drug-likeness (QED) is 0.758. The number of aromatic nitrogens is 2. The maximum Gasteiger partial charge on any atom is 0.0690 e. The van der Waals surface area contributed by atoms with E-state index < -0.39 is 0 Å². The van der Waals surface area contributed by atoms with Crippen LogP contribution >= 0.6 is 0 Å². The number of benzene rings is 1. The molecule has 0 unspecified atom stereocenters. The Morgan fingerprint density at radius 1 is 1.28 bits per heavy atom. The summed E-state index contributed by atoms with van der Waals surface area (Å²) in [5.41, 5.74) is 2.38. The van der Waals surface area contributed by atoms with Crippen molar-refractivity contribution < 1.29 is 4.74 Å². The first-order chi connectivity index (χ1) is 8.92. The molecule has 0 aliphatic carbocycles. The lowest BCUT2D eigenvalue weighted by atomic mass is 10.2. The van der Waals surface area contributed by atoms with Crippen molar-refractivity contribution in [2.75, 3.05) is 20.3 Å². The molecule has 0 spiro atoms. The van der Waals surface area contributed by atoms with Gasteiger partial charge in [-0.1, -0.05) is 18.2 Å². The van der Waals surface area contributed by atoms with Crippen LogP contribution in [0, 0.1) is 0 Å². The number of para-hydroxylation sites is 1. The molecular formula is C14H19N3O. The summed E-state index contributed by atoms with van der Waals surface area (Å²) < 4.78 is 6.92. The predicted octanol–water partition coefficient (Wildman–Crippen LogP) is 2.00. The van der Waals surface area contributed by atoms with E-state index in [1.165, 1.54) is 5.56 Å². The highest BCUT2D eigenvalue weighted by Crippen LogP contribution is 2.12. The highest BCUT2D eigenvalue weighted by atomic mass is 16.5. The van der Waals surface area contributed by atoms with Gasteiger partial charge in [-0.3, -0.25) is 0 Å². The summed E-state index contributed by atoms with van der Waals surface area (Å²) in [6.07, 6.45) is 4.78. The largest absolute Gasteiger partial charge is 0.385 e. The minimum Gasteiger partial charge on any atom is -0.385 e. The third-order valence-electron chi connectivity index (χ3n) is 2.76. The van der Waals surface area contributed by atoms with Crippen molar-refractivity contribution in [2.45, 2.75) is 13.0 Å². The van der Waals surface area contributed by atoms with Gasteiger partial charge in [0.2, 0.25) is 0 Å². The first kappa shape index (κ1) is 12.8. The standard InChI is InChI=1S/C14H19N3O/c1-18-11-5-8-15-12-13-6-2-3-7-14(13)17-10-4-9-16-17/h2-4,6-7,9-10,15H,5,8,11-12H2,1H3. The van der Waals surface area contributed by atoms with Crippen LogP contribution in [0.5, 0.6) is 0 Å². The molecule has 1 heterocycles. The molecule has 4 nitrogen and oxygen atoms in total. The van der Waals surface area contributed by atoms with Gasteiger partial charge in [0, 0.05) is 32.7 Å². The molecular weight excluding hydrogens is 226 g/mol. The van der Waals surface area contributed by atoms with E-state index in [9.17, 15) is 0 Å². The molecule has 1 aromatic heterocycles. The lowest BCUT2D eigenvalue weighted by Gasteiger charge is -2.10. The molecule has 0 aliphatic heterocycles. The average Bonchev–Trinajstić information content (AvgIpc) is 2.93. The Morgan fingerprint density at radius 2 is 2.17 bits per heavy atom. The second-order valence-electron chi connectivity index (χ2n) is 4.10. The molecule has 0 amide bonds. The summed E-state index contributed by atoms with van der Waals surface area (Å²) >= 11 is 0. The number of hydrogen-bond acceptors (Lipinski definition) is 3. The molecule has 1 N–H and O–H groups in total. The van der Waals surface area contributed by atoms with E-state index in [4.69, 9.17) is 4.74 Å². The van der Waals surface area contributed by atoms with Gasteiger partial charge in [-0.2, -0.15) is 5.10 Å². The van der Waals surface area contributed by atoms with Crippen molar-refractivity contribution in [3.63, 3.8) is 0 Å². The predicted molar refractivity (Wildman–Crippen MR) is 71.8 cm³/mol. The zero-order chi connectivity index (χ0) is 12.6. The van der Waals surface area contributed by atoms with Gasteiger partial charge < -0.3 is 10.1 Å². The summed E-state index contributed by atoms with van der Waals surface area (Å²) in [7, 11) is 1.73. The van der Waals surface area contributed by atoms with Crippen LogP contribution in [0.15, 0.2) is 42.7 Å². The minimum atomic E-state index is 0.799. The van der Waals surface area contributed by atoms with Crippen LogP contribution in [0.25, 0.3) is 5.69 Å². The third kappa shape index (κ3) is 3.42. The molecule has 2 rings (SSSR count). The van der Waals surface area contributed by atoms with Crippen molar-refractivity contribution in [2.24, 2.45) is 0 Å². The molecule has 1 aromatic carbocycles. The van der Waals surface area contributed by atoms with Crippen molar-refractivity contribution in [1.29, 1.82) is 0 Å². The number of methoxy groups -OCH3 is 1. The van der Waals surface area contributed by atoms with Crippen molar-refractivity contribution in [1.82, 2.24) is 15.1 Å². The van der Waals surface area contributed by atoms with Crippen molar-refractivity contribution >= 4 is 0 Å². The molecule has 0 saturated heterocycles. The third-order valence-corrected chi connectivity index (χ3v) is 2.76. The van der Waals surface area contributed by atoms with Gasteiger partial charge in [0.25, 0.3) is 0 Å². The normalized spacial score (nSPS) is 10.7. The van der Waals surface area contributed by atoms with Crippen LogP contribution < -0.4 is 5.32 Å². The zero-order valence-electron chi connectivity index (χ0n) is 10.7. The molecule has 2 aromatic rings. The van der Waals surface area contributed by atoms with E-state index in [0.717, 1.165) is 31.8 Å². The van der Waals surface area contributed by atoms with Crippen LogP contribution in [-0.2, 0) is 11.3 Å². The van der Waals surface area contributed by atoms with E-state index in [-0.39, 0.29) is 0 Å². The van der Waals surface area contributed by atoms with Crippen LogP contribution in [0.4, 0.5) is 0 Å². The second kappa shape index (κ2) is 6.93. The van der Waals surface area contributed by atoms with Crippen molar-refractivity contribution in [3.8, 4) is 5.69 Å². The number of nitrogens with zero attached hydrogens (tertiary/aromatic N) is 2. The summed E-state index contributed by atoms with van der Waals surface area (Å²) in [6, 6.07) is 10.2. The SMILES string of the molecule is COCCCNCc1ccccc1-n1cccn1. The number of hydrogen-bond donors (Lipinski definition) is 1. The molecule has 0 aliphatic rings. The Kier molecular flexibility index (Phi) is 4.93. The molecule has 0 atom stereocenters. The maximum absolute atomic E-state index is 5.02. The maximum atomic E-state index is 5.02. The van der Waals surface area contributed by atoms with Gasteiger partial charge in [-0.15, -0.1) is 0 Å². The van der Waals surface area contributed by atoms with E-state index in [0.29, 0.717) is 0 Å². The fourth-order valence-electron chi connectivity index (χ4n) is 1.86. The zero-order valence-corrected chi connectivity index (χ0v) is 10.7. The Hall–Kier alpha value is -1.65. The van der Waals surface area contributed by atoms with Gasteiger partial charge in [0.15, 0.2) is 0 Å². The van der Waals surface area contributed by atoms with Gasteiger partial charge in [-0.25, -0.2) is 4.68 Å². The molecule has 0 saturated carbocycles. The van der Waals surface area contributed by atoms with Crippen molar-refractivity contribution in [3.05, 3.63) is 48.3 Å². The minimum absolute atomic E-state index is 0.799. The monoisotopic (exact) mass is 245 g/mol. The fourth-order valence-corrected chi connectivity index (χ4v) is 1.86. The van der Waals surface area contributed by atoms with Crippen LogP contribution in [0.2, 0.25) is 0 Å². The smallest absolute Gasteiger partial charge is 0.0690 e. The van der Waals surface area contributed by atoms with Crippen LogP contribution in [-0.4, -0.2) is 30.0 Å². The topological polar surface area (TPSA) is 39.1 Å². The van der Waals surface area contributed by atoms with Gasteiger partial charge >= 0.3 is 0 Å². The molecule has 0 radical (unpaired) electrons. The second-order valence-corrected chi connectivity index (χ2v) is 4.10. The molecule has 96 valence electrons. The van der Waals surface area contributed by atoms with Crippen LogP contribution in [0.3, 0.4) is 0 Å². The first-order valence-corrected chi connectivity index (χ1v) is 6.19. The number of nitrogens with one attached hydrogen (secondary N) is 1. The summed E-state index contributed by atoms with van der Waals surface area (Å²) in [5.74, 6) is 0. The molecule has 0 fully saturated rings. The number of rotatable bonds is 7. The summed E-state index contributed by atoms with van der Waals surface area (Å²) in [5, 5.41) is 7.69. The van der Waals surface area contributed by atoms with E-state index in [1.54, 1.807) is 13.3 Å². The lowest BCUT2D eigenvalue weighted by molar-refractivity contribution is 0.194. The summed E-state index contributed by atoms with van der Waals surface area (Å²) in [4.78, 5) is 0. The van der Waals surface area contributed by atoms with E-state index in [1.807, 2.05) is 23.0 Å². The Morgan fingerprint density at radius 3 is 2.94 bits per heavy atom. The Labute approximate surface area is 108 Å². The molecule has 18 heavy (non-hydrogen) atoms. The fraction of sp³-hybridized carbons (Fsp3) is 0.357. The van der Waals surface area contributed by atoms with E-state index in [2.05, 4.69) is 28.6 Å². The first-order valence-electron chi connectivity index (χ1n) is 6.19. The molecule has 0 bridgehead atoms. The highest BCUT2D eigenvalue weighted by molar-refractivity contribution is 5.40. The Bertz CT molecular complexity index is 454. The summed E-state index contributed by atoms with van der Waals surface area (Å²) in [6.45, 7) is 2.61. The average molecular weight is 245 g/mol. The van der Waals surface area contributed by atoms with Gasteiger partial charge in [-0.05, 0) is 30.7 Å². The van der Waals surface area contributed by atoms with Crippen LogP contribution in [0.1, 0.15) is 12.0 Å². The van der Waals surface area contributed by atoms with Gasteiger partial charge in [0.05, 0.1) is 5.69 Å². The lowest BCUT2D eigenvalue weighted by Crippen LogP contribution is -2.17.